The van der Waals surface area contributed by atoms with Crippen molar-refractivity contribution in [1.29, 1.82) is 0 Å². The molecule has 24 heavy (non-hydrogen) atoms. The van der Waals surface area contributed by atoms with Crippen LogP contribution in [0.2, 0.25) is 0 Å². The summed E-state index contributed by atoms with van der Waals surface area (Å²) < 4.78 is 1.81. The van der Waals surface area contributed by atoms with Crippen molar-refractivity contribution < 1.29 is 4.79 Å². The van der Waals surface area contributed by atoms with Crippen molar-refractivity contribution in [2.24, 2.45) is 0 Å². The van der Waals surface area contributed by atoms with Gasteiger partial charge in [0, 0.05) is 18.3 Å². The first-order valence-corrected chi connectivity index (χ1v) is 7.82. The molecule has 3 aromatic rings. The standard InChI is InChI=1S/C20H19N3O/c1-16-7-9-18(10-8-16)15-23-14-13-19(22-23)21-20(24)12-11-17-5-3-2-4-6-17/h2-14H,15H2,1H3,(H,21,22,24)/b12-11+. The van der Waals surface area contributed by atoms with Crippen LogP contribution in [-0.4, -0.2) is 15.7 Å². The van der Waals surface area contributed by atoms with Crippen molar-refractivity contribution in [3.05, 3.63) is 89.6 Å². The van der Waals surface area contributed by atoms with Crippen LogP contribution < -0.4 is 5.32 Å². The molecule has 0 fully saturated rings. The first-order valence-electron chi connectivity index (χ1n) is 7.82. The van der Waals surface area contributed by atoms with Crippen LogP contribution in [0.1, 0.15) is 16.7 Å². The van der Waals surface area contributed by atoms with Crippen molar-refractivity contribution >= 4 is 17.8 Å². The zero-order chi connectivity index (χ0) is 16.8. The van der Waals surface area contributed by atoms with Crippen LogP contribution in [0.5, 0.6) is 0 Å². The monoisotopic (exact) mass is 317 g/mol. The van der Waals surface area contributed by atoms with E-state index in [-0.39, 0.29) is 5.91 Å². The molecule has 0 spiro atoms. The fourth-order valence-electron chi connectivity index (χ4n) is 2.30. The van der Waals surface area contributed by atoms with Gasteiger partial charge in [-0.05, 0) is 24.1 Å². The Morgan fingerprint density at radius 2 is 1.83 bits per heavy atom. The van der Waals surface area contributed by atoms with E-state index in [4.69, 9.17) is 0 Å². The summed E-state index contributed by atoms with van der Waals surface area (Å²) in [6.07, 6.45) is 5.14. The van der Waals surface area contributed by atoms with Crippen LogP contribution in [0.4, 0.5) is 5.82 Å². The van der Waals surface area contributed by atoms with Crippen molar-refractivity contribution in [1.82, 2.24) is 9.78 Å². The van der Waals surface area contributed by atoms with Crippen LogP contribution in [-0.2, 0) is 11.3 Å². The molecule has 1 amide bonds. The Kier molecular flexibility index (Phi) is 4.87. The fraction of sp³-hybridized carbons (Fsp3) is 0.100. The summed E-state index contributed by atoms with van der Waals surface area (Å²) in [5.74, 6) is 0.351. The lowest BCUT2D eigenvalue weighted by atomic mass is 10.1. The summed E-state index contributed by atoms with van der Waals surface area (Å²) in [6.45, 7) is 2.74. The highest BCUT2D eigenvalue weighted by Crippen LogP contribution is 2.08. The Morgan fingerprint density at radius 3 is 2.58 bits per heavy atom. The van der Waals surface area contributed by atoms with Crippen LogP contribution in [0.25, 0.3) is 6.08 Å². The number of hydrogen-bond acceptors (Lipinski definition) is 2. The number of nitrogens with one attached hydrogen (secondary N) is 1. The molecule has 2 aromatic carbocycles. The third-order valence-electron chi connectivity index (χ3n) is 3.58. The average molecular weight is 317 g/mol. The van der Waals surface area contributed by atoms with Crippen molar-refractivity contribution in [2.45, 2.75) is 13.5 Å². The Morgan fingerprint density at radius 1 is 1.08 bits per heavy atom. The van der Waals surface area contributed by atoms with Crippen molar-refractivity contribution in [3.63, 3.8) is 0 Å². The number of nitrogens with zero attached hydrogens (tertiary/aromatic N) is 2. The van der Waals surface area contributed by atoms with Gasteiger partial charge in [-0.1, -0.05) is 60.2 Å². The number of rotatable bonds is 5. The highest BCUT2D eigenvalue weighted by Gasteiger charge is 2.03. The third kappa shape index (κ3) is 4.43. The summed E-state index contributed by atoms with van der Waals surface area (Å²) in [6, 6.07) is 19.8. The van der Waals surface area contributed by atoms with Crippen molar-refractivity contribution in [3.8, 4) is 0 Å². The molecule has 0 bridgehead atoms. The quantitative estimate of drug-likeness (QED) is 0.726. The number of aromatic nitrogens is 2. The lowest BCUT2D eigenvalue weighted by Gasteiger charge is -2.02. The molecule has 0 radical (unpaired) electrons. The molecule has 0 saturated carbocycles. The molecule has 0 unspecified atom stereocenters. The summed E-state index contributed by atoms with van der Waals surface area (Å²) in [5, 5.41) is 7.14. The van der Waals surface area contributed by atoms with Gasteiger partial charge in [0.1, 0.15) is 0 Å². The Labute approximate surface area is 141 Å². The minimum Gasteiger partial charge on any atom is -0.306 e. The minimum absolute atomic E-state index is 0.195. The smallest absolute Gasteiger partial charge is 0.249 e. The predicted octanol–water partition coefficient (Wildman–Crippen LogP) is 3.89. The van der Waals surface area contributed by atoms with Crippen molar-refractivity contribution in [2.75, 3.05) is 5.32 Å². The normalized spacial score (nSPS) is 10.9. The Hall–Kier alpha value is -3.14. The van der Waals surface area contributed by atoms with Gasteiger partial charge >= 0.3 is 0 Å². The number of anilines is 1. The van der Waals surface area contributed by atoms with Gasteiger partial charge in [-0.3, -0.25) is 9.48 Å². The summed E-state index contributed by atoms with van der Waals surface area (Å²) >= 11 is 0. The molecule has 1 aromatic heterocycles. The van der Waals surface area contributed by atoms with Gasteiger partial charge in [0.15, 0.2) is 5.82 Å². The second kappa shape index (κ2) is 7.42. The Bertz CT molecular complexity index is 833. The highest BCUT2D eigenvalue weighted by molar-refractivity contribution is 6.01. The molecule has 0 atom stereocenters. The van der Waals surface area contributed by atoms with E-state index in [2.05, 4.69) is 41.6 Å². The third-order valence-corrected chi connectivity index (χ3v) is 3.58. The SMILES string of the molecule is Cc1ccc(Cn2ccc(NC(=O)/C=C/c3ccccc3)n2)cc1. The molecule has 0 aliphatic heterocycles. The molecule has 4 nitrogen and oxygen atoms in total. The zero-order valence-electron chi connectivity index (χ0n) is 13.5. The van der Waals surface area contributed by atoms with E-state index in [1.54, 1.807) is 16.8 Å². The van der Waals surface area contributed by atoms with Crippen LogP contribution >= 0.6 is 0 Å². The van der Waals surface area contributed by atoms with Crippen LogP contribution in [0.3, 0.4) is 0 Å². The van der Waals surface area contributed by atoms with Crippen LogP contribution in [0, 0.1) is 6.92 Å². The second-order valence-corrected chi connectivity index (χ2v) is 5.62. The Balaban J connectivity index is 1.58. The van der Waals surface area contributed by atoms with Gasteiger partial charge in [0.2, 0.25) is 5.91 Å². The number of carbonyl (C=O) groups excluding carboxylic acids is 1. The van der Waals surface area contributed by atoms with E-state index in [0.29, 0.717) is 12.4 Å². The molecule has 0 aliphatic carbocycles. The first kappa shape index (κ1) is 15.7. The van der Waals surface area contributed by atoms with Gasteiger partial charge in [0.25, 0.3) is 0 Å². The lowest BCUT2D eigenvalue weighted by molar-refractivity contribution is -0.111. The second-order valence-electron chi connectivity index (χ2n) is 5.62. The van der Waals surface area contributed by atoms with Gasteiger partial charge in [-0.15, -0.1) is 0 Å². The number of carbonyl (C=O) groups is 1. The topological polar surface area (TPSA) is 46.9 Å². The van der Waals surface area contributed by atoms with E-state index in [1.165, 1.54) is 17.2 Å². The number of hydrogen-bond donors (Lipinski definition) is 1. The largest absolute Gasteiger partial charge is 0.306 e. The maximum Gasteiger partial charge on any atom is 0.249 e. The van der Waals surface area contributed by atoms with Crippen LogP contribution in [0.15, 0.2) is 72.9 Å². The van der Waals surface area contributed by atoms with E-state index in [9.17, 15) is 4.79 Å². The maximum atomic E-state index is 11.9. The van der Waals surface area contributed by atoms with Gasteiger partial charge in [-0.2, -0.15) is 5.10 Å². The number of benzene rings is 2. The molecular formula is C20H19N3O. The van der Waals surface area contributed by atoms with E-state index in [0.717, 1.165) is 5.56 Å². The molecule has 0 saturated heterocycles. The maximum absolute atomic E-state index is 11.9. The van der Waals surface area contributed by atoms with E-state index >= 15 is 0 Å². The van der Waals surface area contributed by atoms with Gasteiger partial charge in [0.05, 0.1) is 6.54 Å². The van der Waals surface area contributed by atoms with E-state index in [1.807, 2.05) is 36.5 Å². The highest BCUT2D eigenvalue weighted by atomic mass is 16.1. The predicted molar refractivity (Wildman–Crippen MR) is 96.6 cm³/mol. The first-order chi connectivity index (χ1) is 11.7. The molecular weight excluding hydrogens is 298 g/mol. The molecule has 0 aliphatic rings. The zero-order valence-corrected chi connectivity index (χ0v) is 13.5. The minimum atomic E-state index is -0.195. The average Bonchev–Trinajstić information content (AvgIpc) is 3.03. The fourth-order valence-corrected chi connectivity index (χ4v) is 2.30. The molecule has 1 N–H and O–H groups in total. The molecule has 3 rings (SSSR count). The summed E-state index contributed by atoms with van der Waals surface area (Å²) in [7, 11) is 0. The van der Waals surface area contributed by atoms with Gasteiger partial charge < -0.3 is 5.32 Å². The summed E-state index contributed by atoms with van der Waals surface area (Å²) in [5.41, 5.74) is 3.39. The molecule has 4 heteroatoms. The number of aryl methyl sites for hydroxylation is 1. The molecule has 120 valence electrons. The molecule has 1 heterocycles. The number of amides is 1. The lowest BCUT2D eigenvalue weighted by Crippen LogP contribution is -2.09. The van der Waals surface area contributed by atoms with Gasteiger partial charge in [-0.25, -0.2) is 0 Å². The summed E-state index contributed by atoms with van der Waals surface area (Å²) in [4.78, 5) is 11.9. The van der Waals surface area contributed by atoms with E-state index < -0.39 is 0 Å².